The van der Waals surface area contributed by atoms with Gasteiger partial charge in [-0.25, -0.2) is 10.0 Å². The lowest BCUT2D eigenvalue weighted by molar-refractivity contribution is -0.152. The number of likely N-dealkylation sites (N-methyl/N-ethyl adjacent to an activating group) is 2. The van der Waals surface area contributed by atoms with Crippen molar-refractivity contribution >= 4 is 23.6 Å². The summed E-state index contributed by atoms with van der Waals surface area (Å²) in [6.07, 6.45) is 2.98. The molecule has 0 unspecified atom stereocenters. The van der Waals surface area contributed by atoms with Crippen molar-refractivity contribution in [3.63, 3.8) is 0 Å². The van der Waals surface area contributed by atoms with Crippen LogP contribution >= 0.6 is 0 Å². The van der Waals surface area contributed by atoms with E-state index in [1.54, 1.807) is 34.3 Å². The van der Waals surface area contributed by atoms with Crippen LogP contribution in [0.1, 0.15) is 23.6 Å². The first-order valence-corrected chi connectivity index (χ1v) is 9.69. The fourth-order valence-electron chi connectivity index (χ4n) is 5.59. The number of likely N-dealkylation sites (tertiary alicyclic amines) is 2. The second kappa shape index (κ2) is 5.67. The van der Waals surface area contributed by atoms with Crippen LogP contribution in [0.4, 0.5) is 0 Å². The molecule has 4 aliphatic heterocycles. The van der Waals surface area contributed by atoms with Crippen molar-refractivity contribution in [1.82, 2.24) is 19.8 Å². The molecule has 4 amide bonds. The minimum atomic E-state index is -0.843. The Morgan fingerprint density at radius 1 is 0.633 bits per heavy atom. The summed E-state index contributed by atoms with van der Waals surface area (Å²) in [4.78, 5) is 54.6. The van der Waals surface area contributed by atoms with Crippen molar-refractivity contribution in [2.45, 2.75) is 24.2 Å². The summed E-state index contributed by atoms with van der Waals surface area (Å²) >= 11 is 0. The van der Waals surface area contributed by atoms with Gasteiger partial charge in [0.1, 0.15) is 23.6 Å². The topological polar surface area (TPSA) is 108 Å². The van der Waals surface area contributed by atoms with Crippen LogP contribution in [0.15, 0.2) is 45.6 Å². The Morgan fingerprint density at radius 3 is 1.37 bits per heavy atom. The Hall–Kier alpha value is -3.24. The molecule has 6 atom stereocenters. The van der Waals surface area contributed by atoms with E-state index in [1.807, 2.05) is 0 Å². The summed E-state index contributed by atoms with van der Waals surface area (Å²) in [5.74, 6) is -1.96. The number of carbonyl (C=O) groups is 4. The van der Waals surface area contributed by atoms with E-state index in [1.165, 1.54) is 26.6 Å². The molecular weight excluding hydrogens is 392 g/mol. The highest BCUT2D eigenvalue weighted by Gasteiger charge is 2.73. The molecule has 6 rings (SSSR count). The van der Waals surface area contributed by atoms with Gasteiger partial charge in [-0.15, -0.1) is 0 Å². The third kappa shape index (κ3) is 1.86. The summed E-state index contributed by atoms with van der Waals surface area (Å²) < 4.78 is 11.3. The second-order valence-corrected chi connectivity index (χ2v) is 8.09. The first-order valence-electron chi connectivity index (χ1n) is 9.69. The van der Waals surface area contributed by atoms with E-state index in [0.29, 0.717) is 11.5 Å². The van der Waals surface area contributed by atoms with Crippen molar-refractivity contribution in [1.29, 1.82) is 0 Å². The summed E-state index contributed by atoms with van der Waals surface area (Å²) in [5, 5.41) is 3.44. The van der Waals surface area contributed by atoms with Gasteiger partial charge in [0.05, 0.1) is 36.4 Å². The number of hydrogen-bond acceptors (Lipinski definition) is 8. The molecule has 4 fully saturated rings. The molecule has 4 saturated heterocycles. The molecule has 10 heteroatoms. The molecule has 2 aromatic heterocycles. The fraction of sp³-hybridized carbons (Fsp3) is 0.400. The van der Waals surface area contributed by atoms with E-state index in [9.17, 15) is 19.2 Å². The molecule has 0 radical (unpaired) electrons. The van der Waals surface area contributed by atoms with Gasteiger partial charge >= 0.3 is 0 Å². The van der Waals surface area contributed by atoms with Gasteiger partial charge in [-0.2, -0.15) is 0 Å². The molecule has 0 spiro atoms. The van der Waals surface area contributed by atoms with Gasteiger partial charge in [-0.3, -0.25) is 29.0 Å². The lowest BCUT2D eigenvalue weighted by atomic mass is 9.87. The zero-order chi connectivity index (χ0) is 20.9. The third-order valence-corrected chi connectivity index (χ3v) is 6.84. The highest BCUT2D eigenvalue weighted by molar-refractivity contribution is 6.10. The molecule has 2 aromatic rings. The SMILES string of the molecule is CN1C(=O)[C@@H]2[C@H](C1=O)N1[C@H](c3ccco3)[C@@H]3C(=O)N(C)C(=O)[C@@H]3N1[C@H]2c1ccco1. The van der Waals surface area contributed by atoms with Gasteiger partial charge in [0.15, 0.2) is 0 Å². The van der Waals surface area contributed by atoms with Crippen LogP contribution in [0.5, 0.6) is 0 Å². The fourth-order valence-corrected chi connectivity index (χ4v) is 5.59. The highest BCUT2D eigenvalue weighted by Crippen LogP contribution is 2.58. The molecule has 10 nitrogen and oxygen atoms in total. The normalized spacial score (nSPS) is 36.2. The van der Waals surface area contributed by atoms with Crippen LogP contribution < -0.4 is 0 Å². The quantitative estimate of drug-likeness (QED) is 0.645. The highest BCUT2D eigenvalue weighted by atomic mass is 16.3. The molecule has 6 heterocycles. The summed E-state index contributed by atoms with van der Waals surface area (Å²) in [6, 6.07) is 3.80. The number of nitrogens with zero attached hydrogens (tertiary/aromatic N) is 4. The van der Waals surface area contributed by atoms with Crippen molar-refractivity contribution in [3.8, 4) is 0 Å². The molecule has 4 aliphatic rings. The van der Waals surface area contributed by atoms with Gasteiger partial charge in [0.2, 0.25) is 23.6 Å². The molecule has 154 valence electrons. The maximum Gasteiger partial charge on any atom is 0.248 e. The molecule has 0 N–H and O–H groups in total. The summed E-state index contributed by atoms with van der Waals surface area (Å²) in [5.41, 5.74) is 0. The molecule has 0 saturated carbocycles. The lowest BCUT2D eigenvalue weighted by Crippen LogP contribution is -2.49. The predicted octanol–water partition coefficient (Wildman–Crippen LogP) is 0.168. The van der Waals surface area contributed by atoms with Crippen LogP contribution in [0.25, 0.3) is 0 Å². The van der Waals surface area contributed by atoms with Crippen molar-refractivity contribution in [2.24, 2.45) is 11.8 Å². The maximum absolute atomic E-state index is 13.1. The van der Waals surface area contributed by atoms with Crippen LogP contribution in [0.2, 0.25) is 0 Å². The number of hydrazine groups is 1. The average molecular weight is 410 g/mol. The Bertz CT molecular complexity index is 993. The number of amides is 4. The molecule has 30 heavy (non-hydrogen) atoms. The Kier molecular flexibility index (Phi) is 3.33. The Morgan fingerprint density at radius 2 is 1.03 bits per heavy atom. The monoisotopic (exact) mass is 410 g/mol. The van der Waals surface area contributed by atoms with Gasteiger partial charge in [0, 0.05) is 14.1 Å². The van der Waals surface area contributed by atoms with E-state index in [4.69, 9.17) is 8.83 Å². The van der Waals surface area contributed by atoms with Crippen LogP contribution in [0.3, 0.4) is 0 Å². The van der Waals surface area contributed by atoms with Crippen molar-refractivity contribution in [3.05, 3.63) is 48.3 Å². The Labute approximate surface area is 170 Å². The predicted molar refractivity (Wildman–Crippen MR) is 96.7 cm³/mol. The molecule has 0 aliphatic carbocycles. The number of imide groups is 2. The Balaban J connectivity index is 1.59. The molecule has 0 bridgehead atoms. The number of rotatable bonds is 2. The van der Waals surface area contributed by atoms with Gasteiger partial charge in [-0.05, 0) is 24.3 Å². The van der Waals surface area contributed by atoms with Crippen LogP contribution in [-0.2, 0) is 19.2 Å². The van der Waals surface area contributed by atoms with Crippen LogP contribution in [0, 0.1) is 11.8 Å². The van der Waals surface area contributed by atoms with E-state index >= 15 is 0 Å². The van der Waals surface area contributed by atoms with E-state index in [0.717, 1.165) is 9.80 Å². The lowest BCUT2D eigenvalue weighted by Gasteiger charge is -2.33. The second-order valence-electron chi connectivity index (χ2n) is 8.09. The number of carbonyl (C=O) groups excluding carboxylic acids is 4. The van der Waals surface area contributed by atoms with Gasteiger partial charge < -0.3 is 8.83 Å². The smallest absolute Gasteiger partial charge is 0.248 e. The first-order chi connectivity index (χ1) is 14.4. The van der Waals surface area contributed by atoms with E-state index < -0.39 is 36.0 Å². The summed E-state index contributed by atoms with van der Waals surface area (Å²) in [6.45, 7) is 0. The van der Waals surface area contributed by atoms with Crippen LogP contribution in [-0.4, -0.2) is 69.6 Å². The third-order valence-electron chi connectivity index (χ3n) is 6.84. The zero-order valence-corrected chi connectivity index (χ0v) is 16.2. The number of hydrogen-bond donors (Lipinski definition) is 0. The average Bonchev–Trinajstić information content (AvgIpc) is 3.54. The molecule has 0 aromatic carbocycles. The van der Waals surface area contributed by atoms with Gasteiger partial charge in [0.25, 0.3) is 0 Å². The maximum atomic E-state index is 13.1. The molecular formula is C20H18N4O6. The minimum Gasteiger partial charge on any atom is -0.468 e. The minimum absolute atomic E-state index is 0.333. The first kappa shape index (κ1) is 17.6. The van der Waals surface area contributed by atoms with Gasteiger partial charge in [-0.1, -0.05) is 0 Å². The zero-order valence-electron chi connectivity index (χ0n) is 16.2. The summed E-state index contributed by atoms with van der Waals surface area (Å²) in [7, 11) is 2.91. The standard InChI is InChI=1S/C20H18N4O6/c1-21-17(25)11-13(9-5-3-7-29-9)24-16-12(18(26)22(2)20(16)28)14(10-6-4-8-30-10)23(24)15(11)19(21)27/h3-8,11-16H,1-2H3/t11-,12-,13-,14+,15+,16+/m0/s1. The van der Waals surface area contributed by atoms with Crippen molar-refractivity contribution < 1.29 is 28.0 Å². The largest absolute Gasteiger partial charge is 0.468 e. The van der Waals surface area contributed by atoms with E-state index in [2.05, 4.69) is 0 Å². The number of fused-ring (bicyclic) bond motifs is 5. The van der Waals surface area contributed by atoms with E-state index in [-0.39, 0.29) is 23.6 Å². The number of furan rings is 2. The van der Waals surface area contributed by atoms with Crippen molar-refractivity contribution in [2.75, 3.05) is 14.1 Å².